The Bertz CT molecular complexity index is 1580. The number of ether oxygens (including phenoxy) is 1. The SMILES string of the molecule is Cc1cccc(-c2[nH]c(CNc3ccccc3F)nc2-c2ccc3ncc(C(=O)OCCN)cc3c2)n1. The smallest absolute Gasteiger partial charge is 0.339 e. The van der Waals surface area contributed by atoms with Crippen LogP contribution in [0.2, 0.25) is 0 Å². The lowest BCUT2D eigenvalue weighted by Crippen LogP contribution is -2.13. The predicted octanol–water partition coefficient (Wildman–Crippen LogP) is 4.86. The number of aryl methyl sites for hydroxylation is 1. The van der Waals surface area contributed by atoms with Crippen molar-refractivity contribution in [2.24, 2.45) is 5.73 Å². The van der Waals surface area contributed by atoms with Gasteiger partial charge in [-0.3, -0.25) is 9.97 Å². The van der Waals surface area contributed by atoms with E-state index in [-0.39, 0.29) is 25.5 Å². The zero-order chi connectivity index (χ0) is 25.8. The number of carbonyl (C=O) groups is 1. The van der Waals surface area contributed by atoms with Gasteiger partial charge in [0.2, 0.25) is 0 Å². The highest BCUT2D eigenvalue weighted by atomic mass is 19.1. The Labute approximate surface area is 212 Å². The molecule has 0 spiro atoms. The van der Waals surface area contributed by atoms with Crippen molar-refractivity contribution in [2.45, 2.75) is 13.5 Å². The summed E-state index contributed by atoms with van der Waals surface area (Å²) in [5.41, 5.74) is 10.7. The lowest BCUT2D eigenvalue weighted by Gasteiger charge is -2.07. The number of esters is 1. The van der Waals surface area contributed by atoms with Gasteiger partial charge in [-0.05, 0) is 49.4 Å². The van der Waals surface area contributed by atoms with E-state index in [1.165, 1.54) is 12.3 Å². The number of carbonyl (C=O) groups excluding carboxylic acids is 1. The lowest BCUT2D eigenvalue weighted by molar-refractivity contribution is 0.0516. The third-order valence-electron chi connectivity index (χ3n) is 5.76. The maximum absolute atomic E-state index is 14.1. The van der Waals surface area contributed by atoms with Crippen LogP contribution in [-0.4, -0.2) is 39.1 Å². The molecule has 5 rings (SSSR count). The zero-order valence-corrected chi connectivity index (χ0v) is 20.2. The van der Waals surface area contributed by atoms with Gasteiger partial charge in [-0.15, -0.1) is 0 Å². The van der Waals surface area contributed by atoms with E-state index in [0.717, 1.165) is 33.5 Å². The average molecular weight is 497 g/mol. The zero-order valence-electron chi connectivity index (χ0n) is 20.2. The van der Waals surface area contributed by atoms with Crippen molar-refractivity contribution in [2.75, 3.05) is 18.5 Å². The molecule has 9 heteroatoms. The summed E-state index contributed by atoms with van der Waals surface area (Å²) in [7, 11) is 0. The first-order valence-electron chi connectivity index (χ1n) is 11.8. The Morgan fingerprint density at radius 2 is 1.95 bits per heavy atom. The molecule has 186 valence electrons. The normalized spacial score (nSPS) is 11.0. The van der Waals surface area contributed by atoms with Gasteiger partial charge in [-0.1, -0.05) is 24.3 Å². The summed E-state index contributed by atoms with van der Waals surface area (Å²) >= 11 is 0. The van der Waals surface area contributed by atoms with Crippen LogP contribution in [0.4, 0.5) is 10.1 Å². The van der Waals surface area contributed by atoms with E-state index in [0.29, 0.717) is 22.8 Å². The fourth-order valence-electron chi connectivity index (χ4n) is 3.99. The number of nitrogens with zero attached hydrogens (tertiary/aromatic N) is 3. The molecule has 4 N–H and O–H groups in total. The number of pyridine rings is 2. The van der Waals surface area contributed by atoms with Gasteiger partial charge < -0.3 is 20.8 Å². The van der Waals surface area contributed by atoms with Gasteiger partial charge in [0.25, 0.3) is 0 Å². The molecule has 8 nitrogen and oxygen atoms in total. The Morgan fingerprint density at radius 1 is 1.08 bits per heavy atom. The third-order valence-corrected chi connectivity index (χ3v) is 5.76. The molecule has 3 aromatic heterocycles. The largest absolute Gasteiger partial charge is 0.461 e. The van der Waals surface area contributed by atoms with Crippen LogP contribution < -0.4 is 11.1 Å². The third kappa shape index (κ3) is 5.31. The average Bonchev–Trinajstić information content (AvgIpc) is 3.35. The van der Waals surface area contributed by atoms with Crippen molar-refractivity contribution >= 4 is 22.6 Å². The van der Waals surface area contributed by atoms with Crippen LogP contribution in [0.3, 0.4) is 0 Å². The summed E-state index contributed by atoms with van der Waals surface area (Å²) in [5.74, 6) is -0.192. The molecule has 0 saturated carbocycles. The predicted molar refractivity (Wildman–Crippen MR) is 140 cm³/mol. The number of fused-ring (bicyclic) bond motifs is 1. The van der Waals surface area contributed by atoms with Gasteiger partial charge in [-0.2, -0.15) is 0 Å². The Hall–Kier alpha value is -4.63. The van der Waals surface area contributed by atoms with Crippen molar-refractivity contribution in [1.29, 1.82) is 0 Å². The molecule has 0 unspecified atom stereocenters. The molecule has 0 saturated heterocycles. The number of halogens is 1. The fourth-order valence-corrected chi connectivity index (χ4v) is 3.99. The van der Waals surface area contributed by atoms with Gasteiger partial charge in [-0.25, -0.2) is 14.2 Å². The van der Waals surface area contributed by atoms with Crippen LogP contribution in [0, 0.1) is 12.7 Å². The molecule has 5 aromatic rings. The van der Waals surface area contributed by atoms with Crippen LogP contribution in [0.5, 0.6) is 0 Å². The van der Waals surface area contributed by atoms with Gasteiger partial charge in [0.15, 0.2) is 0 Å². The Morgan fingerprint density at radius 3 is 2.76 bits per heavy atom. The second kappa shape index (κ2) is 10.5. The summed E-state index contributed by atoms with van der Waals surface area (Å²) in [6, 6.07) is 19.7. The quantitative estimate of drug-likeness (QED) is 0.263. The van der Waals surface area contributed by atoms with Gasteiger partial charge in [0.05, 0.1) is 40.4 Å². The second-order valence-corrected chi connectivity index (χ2v) is 8.46. The number of H-pyrrole nitrogens is 1. The summed E-state index contributed by atoms with van der Waals surface area (Å²) in [6.45, 7) is 2.60. The topological polar surface area (TPSA) is 119 Å². The number of nitrogens with one attached hydrogen (secondary N) is 2. The molecule has 0 aliphatic carbocycles. The summed E-state index contributed by atoms with van der Waals surface area (Å²) < 4.78 is 19.3. The van der Waals surface area contributed by atoms with E-state index in [4.69, 9.17) is 15.5 Å². The number of hydrogen-bond donors (Lipinski definition) is 3. The summed E-state index contributed by atoms with van der Waals surface area (Å²) in [5, 5.41) is 3.85. The number of rotatable bonds is 8. The fraction of sp³-hybridized carbons (Fsp3) is 0.143. The van der Waals surface area contributed by atoms with E-state index in [1.807, 2.05) is 43.3 Å². The van der Waals surface area contributed by atoms with Crippen LogP contribution in [0.1, 0.15) is 21.9 Å². The molecule has 0 aliphatic heterocycles. The number of aromatic amines is 1. The highest BCUT2D eigenvalue weighted by Crippen LogP contribution is 2.31. The monoisotopic (exact) mass is 496 g/mol. The maximum atomic E-state index is 14.1. The highest BCUT2D eigenvalue weighted by Gasteiger charge is 2.17. The maximum Gasteiger partial charge on any atom is 0.339 e. The number of anilines is 1. The van der Waals surface area contributed by atoms with Crippen molar-refractivity contribution in [3.8, 4) is 22.6 Å². The molecule has 0 amide bonds. The number of aromatic nitrogens is 4. The molecular formula is C28H25FN6O2. The van der Waals surface area contributed by atoms with E-state index in [1.54, 1.807) is 24.3 Å². The van der Waals surface area contributed by atoms with E-state index in [9.17, 15) is 9.18 Å². The van der Waals surface area contributed by atoms with Crippen LogP contribution >= 0.6 is 0 Å². The lowest BCUT2D eigenvalue weighted by atomic mass is 10.0. The van der Waals surface area contributed by atoms with Crippen molar-refractivity contribution < 1.29 is 13.9 Å². The van der Waals surface area contributed by atoms with Crippen molar-refractivity contribution in [3.63, 3.8) is 0 Å². The molecule has 0 aliphatic rings. The minimum absolute atomic E-state index is 0.140. The molecule has 2 aromatic carbocycles. The van der Waals surface area contributed by atoms with Gasteiger partial charge >= 0.3 is 5.97 Å². The minimum atomic E-state index is -0.476. The standard InChI is InChI=1S/C28H25FN6O2/c1-17-5-4-8-24(33-17)27-26(34-25(35-27)16-32-23-7-3-2-6-21(23)29)18-9-10-22-19(13-18)14-20(15-31-22)28(36)37-12-11-30/h2-10,13-15,32H,11-12,16,30H2,1H3,(H,34,35). The molecule has 3 heterocycles. The Kier molecular flexibility index (Phi) is 6.87. The van der Waals surface area contributed by atoms with Crippen LogP contribution in [0.15, 0.2) is 72.9 Å². The Balaban J connectivity index is 1.54. The van der Waals surface area contributed by atoms with Gasteiger partial charge in [0.1, 0.15) is 18.2 Å². The van der Waals surface area contributed by atoms with Gasteiger partial charge in [0, 0.05) is 29.4 Å². The highest BCUT2D eigenvalue weighted by molar-refractivity contribution is 5.95. The number of nitrogens with two attached hydrogens (primary N) is 1. The molecule has 0 bridgehead atoms. The molecular weight excluding hydrogens is 471 g/mol. The first kappa shape index (κ1) is 24.1. The van der Waals surface area contributed by atoms with Crippen LogP contribution in [-0.2, 0) is 11.3 Å². The molecule has 0 fully saturated rings. The number of hydrogen-bond acceptors (Lipinski definition) is 7. The van der Waals surface area contributed by atoms with Crippen LogP contribution in [0.25, 0.3) is 33.5 Å². The molecule has 0 radical (unpaired) electrons. The minimum Gasteiger partial charge on any atom is -0.461 e. The first-order chi connectivity index (χ1) is 18.0. The summed E-state index contributed by atoms with van der Waals surface area (Å²) in [4.78, 5) is 29.6. The number of imidazole rings is 1. The number of benzene rings is 2. The van der Waals surface area contributed by atoms with E-state index >= 15 is 0 Å². The first-order valence-corrected chi connectivity index (χ1v) is 11.8. The molecule has 0 atom stereocenters. The van der Waals surface area contributed by atoms with E-state index in [2.05, 4.69) is 20.3 Å². The second-order valence-electron chi connectivity index (χ2n) is 8.46. The number of para-hydroxylation sites is 1. The van der Waals surface area contributed by atoms with Crippen molar-refractivity contribution in [3.05, 3.63) is 95.8 Å². The van der Waals surface area contributed by atoms with Crippen molar-refractivity contribution in [1.82, 2.24) is 19.9 Å². The van der Waals surface area contributed by atoms with E-state index < -0.39 is 5.97 Å². The summed E-state index contributed by atoms with van der Waals surface area (Å²) in [6.07, 6.45) is 1.49. The molecule has 37 heavy (non-hydrogen) atoms.